The molecule has 0 amide bonds. The van der Waals surface area contributed by atoms with Crippen molar-refractivity contribution < 1.29 is 4.74 Å². The highest BCUT2D eigenvalue weighted by atomic mass is 32.1. The van der Waals surface area contributed by atoms with Gasteiger partial charge in [0.05, 0.1) is 12.6 Å². The summed E-state index contributed by atoms with van der Waals surface area (Å²) in [5, 5.41) is 8.02. The lowest BCUT2D eigenvalue weighted by Gasteiger charge is -2.52. The maximum absolute atomic E-state index is 5.26. The van der Waals surface area contributed by atoms with Gasteiger partial charge in [-0.1, -0.05) is 11.3 Å². The highest BCUT2D eigenvalue weighted by Crippen LogP contribution is 2.41. The molecule has 0 radical (unpaired) electrons. The van der Waals surface area contributed by atoms with E-state index in [-0.39, 0.29) is 5.54 Å². The van der Waals surface area contributed by atoms with Gasteiger partial charge >= 0.3 is 0 Å². The summed E-state index contributed by atoms with van der Waals surface area (Å²) in [5.41, 5.74) is 0.927. The van der Waals surface area contributed by atoms with Crippen molar-refractivity contribution >= 4 is 26.8 Å². The number of nitrogens with one attached hydrogen (secondary N) is 2. The third-order valence-electron chi connectivity index (χ3n) is 5.53. The summed E-state index contributed by atoms with van der Waals surface area (Å²) in [4.78, 5) is 16.4. The van der Waals surface area contributed by atoms with Crippen LogP contribution in [0.3, 0.4) is 0 Å². The molecule has 1 atom stereocenters. The topological polar surface area (TPSA) is 75.2 Å². The molecule has 0 saturated carbocycles. The van der Waals surface area contributed by atoms with E-state index < -0.39 is 0 Å². The molecule has 24 heavy (non-hydrogen) atoms. The first-order chi connectivity index (χ1) is 11.8. The Morgan fingerprint density at radius 1 is 1.38 bits per heavy atom. The first kappa shape index (κ1) is 14.4. The van der Waals surface area contributed by atoms with Crippen LogP contribution in [0.1, 0.15) is 19.3 Å². The number of rotatable bonds is 3. The third kappa shape index (κ3) is 2.16. The highest BCUT2D eigenvalue weighted by molar-refractivity contribution is 7.21. The smallest absolute Gasteiger partial charge is 0.244 e. The molecule has 6 rings (SSSR count). The van der Waals surface area contributed by atoms with Crippen LogP contribution in [0, 0.1) is 5.92 Å². The van der Waals surface area contributed by atoms with Crippen molar-refractivity contribution in [2.75, 3.05) is 32.1 Å². The summed E-state index contributed by atoms with van der Waals surface area (Å²) in [6.45, 7) is 3.67. The van der Waals surface area contributed by atoms with Crippen LogP contribution in [-0.4, -0.2) is 52.1 Å². The zero-order valence-corrected chi connectivity index (χ0v) is 14.4. The minimum atomic E-state index is 0.215. The molecule has 7 nitrogen and oxygen atoms in total. The van der Waals surface area contributed by atoms with Gasteiger partial charge in [-0.25, -0.2) is 9.97 Å². The highest BCUT2D eigenvalue weighted by Gasteiger charge is 2.48. The second-order valence-electron chi connectivity index (χ2n) is 6.83. The Hall–Kier alpha value is -1.93. The summed E-state index contributed by atoms with van der Waals surface area (Å²) < 4.78 is 5.26. The quantitative estimate of drug-likeness (QED) is 0.879. The van der Waals surface area contributed by atoms with Crippen molar-refractivity contribution in [3.8, 4) is 5.88 Å². The van der Waals surface area contributed by atoms with Gasteiger partial charge in [-0.05, 0) is 44.3 Å². The minimum Gasteiger partial charge on any atom is -0.479 e. The molecule has 2 N–H and O–H groups in total. The van der Waals surface area contributed by atoms with Crippen LogP contribution in [0.25, 0.3) is 10.3 Å². The van der Waals surface area contributed by atoms with Crippen molar-refractivity contribution in [3.05, 3.63) is 18.2 Å². The van der Waals surface area contributed by atoms with E-state index in [0.29, 0.717) is 11.4 Å². The van der Waals surface area contributed by atoms with Gasteiger partial charge in [-0.2, -0.15) is 4.98 Å². The van der Waals surface area contributed by atoms with Gasteiger partial charge in [-0.15, -0.1) is 0 Å². The van der Waals surface area contributed by atoms with E-state index >= 15 is 0 Å². The van der Waals surface area contributed by atoms with Crippen molar-refractivity contribution in [3.63, 3.8) is 0 Å². The number of piperidine rings is 3. The van der Waals surface area contributed by atoms with Crippen molar-refractivity contribution in [1.29, 1.82) is 0 Å². The zero-order valence-electron chi connectivity index (χ0n) is 13.6. The maximum atomic E-state index is 5.26. The van der Waals surface area contributed by atoms with Crippen LogP contribution in [0.4, 0.5) is 5.13 Å². The normalized spacial score (nSPS) is 31.3. The molecule has 0 aliphatic carbocycles. The Balaban J connectivity index is 1.36. The average molecular weight is 344 g/mol. The molecule has 8 heteroatoms. The van der Waals surface area contributed by atoms with Crippen LogP contribution in [0.5, 0.6) is 5.88 Å². The maximum Gasteiger partial charge on any atom is 0.244 e. The van der Waals surface area contributed by atoms with E-state index in [1.165, 1.54) is 43.6 Å². The summed E-state index contributed by atoms with van der Waals surface area (Å²) in [6, 6.07) is 0. The molecule has 1 spiro atoms. The molecule has 126 valence electrons. The number of hydrogen-bond donors (Lipinski definition) is 2. The van der Waals surface area contributed by atoms with Crippen molar-refractivity contribution in [1.82, 2.24) is 25.2 Å². The number of ether oxygens (including phenoxy) is 1. The van der Waals surface area contributed by atoms with Gasteiger partial charge in [0.2, 0.25) is 5.88 Å². The fourth-order valence-electron chi connectivity index (χ4n) is 4.33. The molecule has 2 aromatic heterocycles. The first-order valence-corrected chi connectivity index (χ1v) is 9.21. The Bertz CT molecular complexity index is 812. The molecule has 3 saturated heterocycles. The van der Waals surface area contributed by atoms with Gasteiger partial charge < -0.3 is 20.3 Å². The molecule has 6 heterocycles. The van der Waals surface area contributed by atoms with Gasteiger partial charge in [0.1, 0.15) is 12.1 Å². The number of anilines is 1. The molecule has 2 aromatic rings. The van der Waals surface area contributed by atoms with Gasteiger partial charge in [0.15, 0.2) is 15.5 Å². The SMILES string of the molecule is COc1ncnc2sc(NC3=CC[C@@]4(CN5CCC4CC5)N3)nc12. The summed E-state index contributed by atoms with van der Waals surface area (Å²) >= 11 is 1.52. The zero-order chi connectivity index (χ0) is 16.1. The van der Waals surface area contributed by atoms with Crippen molar-refractivity contribution in [2.45, 2.75) is 24.8 Å². The minimum absolute atomic E-state index is 0.215. The average Bonchev–Trinajstić information content (AvgIpc) is 3.19. The summed E-state index contributed by atoms with van der Waals surface area (Å²) in [5.74, 6) is 2.36. The standard InChI is InChI=1S/C16H20N6OS/c1-23-13-12-14(18-9-17-13)24-15(20-12)19-11-2-5-16(21-11)8-22-6-3-10(16)4-7-22/h2,9-10,21H,3-8H2,1H3,(H,19,20)/t16-/m0/s1. The van der Waals surface area contributed by atoms with E-state index in [2.05, 4.69) is 36.6 Å². The van der Waals surface area contributed by atoms with E-state index in [1.54, 1.807) is 7.11 Å². The number of methoxy groups -OCH3 is 1. The Morgan fingerprint density at radius 3 is 3.00 bits per heavy atom. The van der Waals surface area contributed by atoms with E-state index in [4.69, 9.17) is 4.74 Å². The second kappa shape index (κ2) is 5.29. The molecule has 0 unspecified atom stereocenters. The van der Waals surface area contributed by atoms with Gasteiger partial charge in [0, 0.05) is 6.54 Å². The van der Waals surface area contributed by atoms with Gasteiger partial charge in [-0.3, -0.25) is 0 Å². The van der Waals surface area contributed by atoms with Crippen LogP contribution in [0.2, 0.25) is 0 Å². The molecule has 0 aromatic carbocycles. The summed E-state index contributed by atoms with van der Waals surface area (Å²) in [6.07, 6.45) is 7.49. The number of thiazole rings is 1. The summed E-state index contributed by atoms with van der Waals surface area (Å²) in [7, 11) is 1.60. The number of fused-ring (bicyclic) bond motifs is 3. The van der Waals surface area contributed by atoms with Crippen LogP contribution >= 0.6 is 11.3 Å². The predicted octanol–water partition coefficient (Wildman–Crippen LogP) is 1.81. The first-order valence-electron chi connectivity index (χ1n) is 8.39. The van der Waals surface area contributed by atoms with E-state index in [1.807, 2.05) is 0 Å². The Kier molecular flexibility index (Phi) is 3.18. The lowest BCUT2D eigenvalue weighted by atomic mass is 9.72. The molecule has 4 aliphatic heterocycles. The largest absolute Gasteiger partial charge is 0.479 e. The number of nitrogens with zero attached hydrogens (tertiary/aromatic N) is 4. The number of aromatic nitrogens is 3. The third-order valence-corrected chi connectivity index (χ3v) is 6.40. The van der Waals surface area contributed by atoms with E-state index in [9.17, 15) is 0 Å². The lowest BCUT2D eigenvalue weighted by Crippen LogP contribution is -2.64. The fraction of sp³-hybridized carbons (Fsp3) is 0.562. The molecule has 3 fully saturated rings. The number of hydrogen-bond acceptors (Lipinski definition) is 8. The molecule has 4 aliphatic rings. The fourth-order valence-corrected chi connectivity index (χ4v) is 5.14. The molecular weight excluding hydrogens is 324 g/mol. The van der Waals surface area contributed by atoms with Crippen molar-refractivity contribution in [2.24, 2.45) is 5.92 Å². The molecule has 2 bridgehead atoms. The Labute approximate surface area is 144 Å². The molecular formula is C16H20N6OS. The van der Waals surface area contributed by atoms with Gasteiger partial charge in [0.25, 0.3) is 0 Å². The monoisotopic (exact) mass is 344 g/mol. The van der Waals surface area contributed by atoms with Crippen LogP contribution < -0.4 is 15.4 Å². The predicted molar refractivity (Wildman–Crippen MR) is 93.1 cm³/mol. The second-order valence-corrected chi connectivity index (χ2v) is 7.81. The van der Waals surface area contributed by atoms with E-state index in [0.717, 1.165) is 34.7 Å². The van der Waals surface area contributed by atoms with Crippen LogP contribution in [-0.2, 0) is 0 Å². The Morgan fingerprint density at radius 2 is 2.25 bits per heavy atom. The lowest BCUT2D eigenvalue weighted by molar-refractivity contribution is 0.0189. The van der Waals surface area contributed by atoms with Crippen LogP contribution in [0.15, 0.2) is 18.2 Å².